The van der Waals surface area contributed by atoms with Crippen molar-refractivity contribution in [3.63, 3.8) is 0 Å². The third-order valence-corrected chi connectivity index (χ3v) is 5.31. The summed E-state index contributed by atoms with van der Waals surface area (Å²) in [7, 11) is 0. The fourth-order valence-electron chi connectivity index (χ4n) is 3.38. The molecule has 3 aromatic heterocycles. The van der Waals surface area contributed by atoms with Crippen molar-refractivity contribution >= 4 is 55.3 Å². The predicted octanol–water partition coefficient (Wildman–Crippen LogP) is 5.97. The summed E-state index contributed by atoms with van der Waals surface area (Å²) >= 11 is 3.37. The summed E-state index contributed by atoms with van der Waals surface area (Å²) in [6.07, 6.45) is 5.04. The van der Waals surface area contributed by atoms with Gasteiger partial charge in [-0.05, 0) is 60.2 Å². The third-order valence-electron chi connectivity index (χ3n) is 4.78. The highest BCUT2D eigenvalue weighted by molar-refractivity contribution is 9.10. The molecule has 6 nitrogen and oxygen atoms in total. The molecule has 0 saturated carbocycles. The van der Waals surface area contributed by atoms with Gasteiger partial charge in [-0.1, -0.05) is 22.0 Å². The van der Waals surface area contributed by atoms with Gasteiger partial charge in [-0.3, -0.25) is 0 Å². The molecule has 0 aliphatic carbocycles. The Kier molecular flexibility index (Phi) is 4.16. The van der Waals surface area contributed by atoms with Crippen LogP contribution in [0.1, 0.15) is 8.30 Å². The quantitative estimate of drug-likeness (QED) is 0.308. The molecule has 2 aromatic carbocycles. The van der Waals surface area contributed by atoms with E-state index in [2.05, 4.69) is 36.5 Å². The van der Waals surface area contributed by atoms with Gasteiger partial charge < -0.3 is 20.2 Å². The topological polar surface area (TPSA) is 74.7 Å². The molecule has 0 unspecified atom stereocenters. The molecule has 30 heavy (non-hydrogen) atoms. The molecule has 0 spiro atoms. The van der Waals surface area contributed by atoms with Crippen molar-refractivity contribution in [1.29, 1.82) is 0 Å². The molecule has 0 aliphatic rings. The molecule has 0 aliphatic heterocycles. The fraction of sp³-hybridized carbons (Fsp3) is 0.0435. The van der Waals surface area contributed by atoms with E-state index < -0.39 is 6.50 Å². The molecule has 2 amide bonds. The normalized spacial score (nSPS) is 12.6. The van der Waals surface area contributed by atoms with Gasteiger partial charge in [0.1, 0.15) is 5.65 Å². The van der Waals surface area contributed by atoms with E-state index in [-0.39, 0.29) is 6.03 Å². The van der Waals surface area contributed by atoms with E-state index in [0.29, 0.717) is 28.1 Å². The van der Waals surface area contributed by atoms with E-state index in [1.165, 1.54) is 0 Å². The SMILES string of the molecule is [2H]C([2H])(c1ccnc2[nH]ccc12)n1ccc2c(NC(=O)Nc3ccc(Br)cc3)cccc21. The van der Waals surface area contributed by atoms with Gasteiger partial charge in [0.2, 0.25) is 0 Å². The van der Waals surface area contributed by atoms with Gasteiger partial charge in [-0.25, -0.2) is 9.78 Å². The minimum Gasteiger partial charge on any atom is -0.346 e. The number of pyridine rings is 1. The molecule has 0 radical (unpaired) electrons. The first-order valence-corrected chi connectivity index (χ1v) is 10.1. The van der Waals surface area contributed by atoms with Crippen molar-refractivity contribution in [2.45, 2.75) is 6.50 Å². The number of H-pyrrole nitrogens is 1. The Hall–Kier alpha value is -3.58. The molecule has 5 aromatic rings. The molecule has 5 rings (SSSR count). The Balaban J connectivity index is 1.48. The number of aromatic nitrogens is 3. The third kappa shape index (κ3) is 3.55. The number of amides is 2. The lowest BCUT2D eigenvalue weighted by Crippen LogP contribution is -2.19. The number of urea groups is 1. The first kappa shape index (κ1) is 16.2. The number of anilines is 2. The lowest BCUT2D eigenvalue weighted by molar-refractivity contribution is 0.262. The van der Waals surface area contributed by atoms with Crippen LogP contribution in [-0.2, 0) is 6.50 Å². The summed E-state index contributed by atoms with van der Waals surface area (Å²) < 4.78 is 20.3. The highest BCUT2D eigenvalue weighted by Crippen LogP contribution is 2.26. The van der Waals surface area contributed by atoms with Crippen LogP contribution >= 0.6 is 15.9 Å². The van der Waals surface area contributed by atoms with Crippen molar-refractivity contribution < 1.29 is 7.54 Å². The summed E-state index contributed by atoms with van der Waals surface area (Å²) in [6, 6.07) is 17.6. The van der Waals surface area contributed by atoms with Crippen LogP contribution in [0.3, 0.4) is 0 Å². The summed E-state index contributed by atoms with van der Waals surface area (Å²) in [4.78, 5) is 19.8. The van der Waals surface area contributed by atoms with Crippen molar-refractivity contribution in [3.05, 3.63) is 89.3 Å². The summed E-state index contributed by atoms with van der Waals surface area (Å²) in [5, 5.41) is 7.13. The molecule has 0 atom stereocenters. The van der Waals surface area contributed by atoms with Crippen LogP contribution in [-0.4, -0.2) is 20.6 Å². The molecule has 0 fully saturated rings. The number of nitrogens with one attached hydrogen (secondary N) is 3. The number of halogens is 1. The molecule has 0 saturated heterocycles. The molecule has 0 bridgehead atoms. The highest BCUT2D eigenvalue weighted by Gasteiger charge is 2.10. The Morgan fingerprint density at radius 1 is 1.07 bits per heavy atom. The lowest BCUT2D eigenvalue weighted by Gasteiger charge is -2.10. The zero-order valence-electron chi connectivity index (χ0n) is 17.7. The number of fused-ring (bicyclic) bond motifs is 2. The minimum atomic E-state index is -1.83. The number of carbonyl (C=O) groups excluding carboxylic acids is 1. The Morgan fingerprint density at radius 3 is 2.80 bits per heavy atom. The van der Waals surface area contributed by atoms with Crippen molar-refractivity contribution in [2.75, 3.05) is 10.6 Å². The summed E-state index contributed by atoms with van der Waals surface area (Å²) in [5.74, 6) is 0. The van der Waals surface area contributed by atoms with Crippen molar-refractivity contribution in [1.82, 2.24) is 14.5 Å². The molecule has 7 heteroatoms. The first-order valence-electron chi connectivity index (χ1n) is 10.3. The standard InChI is InChI=1S/C23H18BrN5O/c24-16-4-6-17(7-5-16)27-23(30)28-20-2-1-3-21-19(20)10-13-29(21)14-15-8-11-25-22-18(15)9-12-26-22/h1-13H,14H2,(H,25,26)(H2,27,28,30)/i14D2. The van der Waals surface area contributed by atoms with Gasteiger partial charge >= 0.3 is 6.03 Å². The average molecular weight is 462 g/mol. The van der Waals surface area contributed by atoms with Crippen LogP contribution in [0.2, 0.25) is 0 Å². The lowest BCUT2D eigenvalue weighted by atomic mass is 10.2. The highest BCUT2D eigenvalue weighted by atomic mass is 79.9. The number of hydrogen-bond acceptors (Lipinski definition) is 2. The van der Waals surface area contributed by atoms with E-state index >= 15 is 0 Å². The zero-order valence-corrected chi connectivity index (χ0v) is 17.3. The fourth-order valence-corrected chi connectivity index (χ4v) is 3.64. The van der Waals surface area contributed by atoms with Gasteiger partial charge in [-0.15, -0.1) is 0 Å². The first-order chi connectivity index (χ1) is 15.4. The molecular formula is C23H18BrN5O. The molecule has 3 N–H and O–H groups in total. The van der Waals surface area contributed by atoms with Crippen molar-refractivity contribution in [3.8, 4) is 0 Å². The van der Waals surface area contributed by atoms with Crippen LogP contribution in [0.25, 0.3) is 21.9 Å². The van der Waals surface area contributed by atoms with E-state index in [1.54, 1.807) is 59.6 Å². The maximum atomic E-state index is 12.5. The second kappa shape index (κ2) is 7.68. The van der Waals surface area contributed by atoms with Crippen LogP contribution in [0, 0.1) is 0 Å². The molecule has 148 valence electrons. The average Bonchev–Trinajstić information content (AvgIpc) is 3.43. The number of nitrogens with zero attached hydrogens (tertiary/aromatic N) is 2. The second-order valence-electron chi connectivity index (χ2n) is 6.72. The van der Waals surface area contributed by atoms with Gasteiger partial charge in [0.05, 0.1) is 13.9 Å². The Bertz CT molecular complexity index is 1440. The van der Waals surface area contributed by atoms with Gasteiger partial charge in [0.15, 0.2) is 0 Å². The number of hydrogen-bond donors (Lipinski definition) is 3. The predicted molar refractivity (Wildman–Crippen MR) is 124 cm³/mol. The van der Waals surface area contributed by atoms with E-state index in [1.807, 2.05) is 24.3 Å². The second-order valence-corrected chi connectivity index (χ2v) is 7.64. The van der Waals surface area contributed by atoms with E-state index in [0.717, 1.165) is 15.2 Å². The zero-order chi connectivity index (χ0) is 22.3. The molecule has 3 heterocycles. The van der Waals surface area contributed by atoms with E-state index in [4.69, 9.17) is 2.74 Å². The number of benzene rings is 2. The van der Waals surface area contributed by atoms with Gasteiger partial charge in [0.25, 0.3) is 0 Å². The maximum Gasteiger partial charge on any atom is 0.323 e. The minimum absolute atomic E-state index is 0.376. The van der Waals surface area contributed by atoms with Crippen LogP contribution in [0.15, 0.2) is 83.7 Å². The van der Waals surface area contributed by atoms with Crippen LogP contribution in [0.4, 0.5) is 16.2 Å². The number of aromatic amines is 1. The largest absolute Gasteiger partial charge is 0.346 e. The number of rotatable bonds is 4. The maximum absolute atomic E-state index is 12.5. The smallest absolute Gasteiger partial charge is 0.323 e. The monoisotopic (exact) mass is 461 g/mol. The Labute approximate surface area is 183 Å². The Morgan fingerprint density at radius 2 is 1.93 bits per heavy atom. The summed E-state index contributed by atoms with van der Waals surface area (Å²) in [5.41, 5.74) is 3.06. The van der Waals surface area contributed by atoms with Crippen molar-refractivity contribution in [2.24, 2.45) is 0 Å². The van der Waals surface area contributed by atoms with Crippen LogP contribution < -0.4 is 10.6 Å². The summed E-state index contributed by atoms with van der Waals surface area (Å²) in [6.45, 7) is -1.83. The van der Waals surface area contributed by atoms with Crippen LogP contribution in [0.5, 0.6) is 0 Å². The molecular weight excluding hydrogens is 442 g/mol. The van der Waals surface area contributed by atoms with Gasteiger partial charge in [0, 0.05) is 46.0 Å². The van der Waals surface area contributed by atoms with Gasteiger partial charge in [-0.2, -0.15) is 0 Å². The number of carbonyl (C=O) groups is 1. The van der Waals surface area contributed by atoms with E-state index in [9.17, 15) is 4.79 Å².